The van der Waals surface area contributed by atoms with E-state index in [9.17, 15) is 9.59 Å². The molecule has 0 bridgehead atoms. The van der Waals surface area contributed by atoms with Crippen molar-refractivity contribution in [2.75, 3.05) is 20.3 Å². The first-order chi connectivity index (χ1) is 12.1. The molecule has 1 aromatic carbocycles. The van der Waals surface area contributed by atoms with Crippen LogP contribution in [-0.4, -0.2) is 37.0 Å². The van der Waals surface area contributed by atoms with Gasteiger partial charge in [-0.1, -0.05) is 30.3 Å². The topological polar surface area (TPSA) is 71.8 Å². The monoisotopic (exact) mass is 344 g/mol. The highest BCUT2D eigenvalue weighted by Crippen LogP contribution is 2.19. The van der Waals surface area contributed by atoms with Crippen LogP contribution in [0.15, 0.2) is 53.1 Å². The lowest BCUT2D eigenvalue weighted by molar-refractivity contribution is -0.133. The van der Waals surface area contributed by atoms with Crippen LogP contribution in [0.2, 0.25) is 0 Å². The summed E-state index contributed by atoms with van der Waals surface area (Å²) in [7, 11) is 1.60. The maximum atomic E-state index is 12.8. The Bertz CT molecular complexity index is 655. The van der Waals surface area contributed by atoms with Crippen LogP contribution in [0, 0.1) is 0 Å². The number of ether oxygens (including phenoxy) is 1. The molecule has 1 unspecified atom stereocenters. The molecule has 6 heteroatoms. The van der Waals surface area contributed by atoms with Crippen molar-refractivity contribution in [2.45, 2.75) is 25.9 Å². The van der Waals surface area contributed by atoms with Crippen molar-refractivity contribution in [2.24, 2.45) is 0 Å². The van der Waals surface area contributed by atoms with Crippen molar-refractivity contribution in [3.63, 3.8) is 0 Å². The number of hydrogen-bond donors (Lipinski definition) is 1. The average molecular weight is 344 g/mol. The van der Waals surface area contributed by atoms with Gasteiger partial charge >= 0.3 is 0 Å². The third-order valence-corrected chi connectivity index (χ3v) is 3.80. The molecule has 0 aliphatic heterocycles. The van der Waals surface area contributed by atoms with Crippen molar-refractivity contribution in [1.29, 1.82) is 0 Å². The summed E-state index contributed by atoms with van der Waals surface area (Å²) in [5, 5.41) is 2.86. The number of rotatable bonds is 9. The van der Waals surface area contributed by atoms with Crippen LogP contribution in [0.3, 0.4) is 0 Å². The third kappa shape index (κ3) is 6.08. The Labute approximate surface area is 147 Å². The molecule has 1 aromatic heterocycles. The number of furan rings is 1. The summed E-state index contributed by atoms with van der Waals surface area (Å²) >= 11 is 0. The van der Waals surface area contributed by atoms with Gasteiger partial charge in [0.1, 0.15) is 5.76 Å². The predicted octanol–water partition coefficient (Wildman–Crippen LogP) is 2.52. The highest BCUT2D eigenvalue weighted by atomic mass is 16.5. The number of methoxy groups -OCH3 is 1. The molecule has 0 aliphatic rings. The van der Waals surface area contributed by atoms with Gasteiger partial charge in [-0.15, -0.1) is 0 Å². The molecule has 1 heterocycles. The van der Waals surface area contributed by atoms with Crippen LogP contribution in [0.25, 0.3) is 0 Å². The van der Waals surface area contributed by atoms with Crippen LogP contribution in [0.5, 0.6) is 0 Å². The van der Waals surface area contributed by atoms with E-state index in [-0.39, 0.29) is 24.3 Å². The molecule has 0 saturated heterocycles. The fourth-order valence-corrected chi connectivity index (χ4v) is 2.57. The van der Waals surface area contributed by atoms with Crippen molar-refractivity contribution in [3.05, 3.63) is 60.1 Å². The summed E-state index contributed by atoms with van der Waals surface area (Å²) in [5.41, 5.74) is 0.899. The smallest absolute Gasteiger partial charge is 0.225 e. The van der Waals surface area contributed by atoms with Gasteiger partial charge in [0.05, 0.1) is 31.9 Å². The van der Waals surface area contributed by atoms with E-state index in [0.29, 0.717) is 25.5 Å². The molecular weight excluding hydrogens is 320 g/mol. The molecule has 2 rings (SSSR count). The highest BCUT2D eigenvalue weighted by molar-refractivity contribution is 5.79. The standard InChI is InChI=1S/C19H24N2O4/c1-15(22)20-18(16-7-4-3-5-8-16)13-19(23)21(10-12-24-2)14-17-9-6-11-25-17/h3-9,11,18H,10,12-14H2,1-2H3,(H,20,22). The van der Waals surface area contributed by atoms with E-state index in [1.807, 2.05) is 36.4 Å². The Hall–Kier alpha value is -2.60. The minimum atomic E-state index is -0.368. The molecule has 0 saturated carbocycles. The molecular formula is C19H24N2O4. The zero-order chi connectivity index (χ0) is 18.1. The molecule has 1 N–H and O–H groups in total. The lowest BCUT2D eigenvalue weighted by atomic mass is 10.0. The fourth-order valence-electron chi connectivity index (χ4n) is 2.57. The number of carbonyl (C=O) groups is 2. The minimum Gasteiger partial charge on any atom is -0.467 e. The Morgan fingerprint density at radius 2 is 1.96 bits per heavy atom. The predicted molar refractivity (Wildman–Crippen MR) is 93.6 cm³/mol. The van der Waals surface area contributed by atoms with Gasteiger partial charge in [0.25, 0.3) is 0 Å². The van der Waals surface area contributed by atoms with Gasteiger partial charge in [-0.05, 0) is 17.7 Å². The second kappa shape index (κ2) is 9.64. The molecule has 25 heavy (non-hydrogen) atoms. The first-order valence-electron chi connectivity index (χ1n) is 8.21. The normalized spacial score (nSPS) is 11.8. The number of benzene rings is 1. The molecule has 0 radical (unpaired) electrons. The lowest BCUT2D eigenvalue weighted by Crippen LogP contribution is -2.37. The van der Waals surface area contributed by atoms with Crippen molar-refractivity contribution in [3.8, 4) is 0 Å². The van der Waals surface area contributed by atoms with E-state index in [2.05, 4.69) is 5.32 Å². The van der Waals surface area contributed by atoms with Gasteiger partial charge in [0, 0.05) is 20.6 Å². The third-order valence-electron chi connectivity index (χ3n) is 3.80. The molecule has 2 aromatic rings. The largest absolute Gasteiger partial charge is 0.467 e. The van der Waals surface area contributed by atoms with Crippen molar-refractivity contribution in [1.82, 2.24) is 10.2 Å². The van der Waals surface area contributed by atoms with Crippen molar-refractivity contribution < 1.29 is 18.7 Å². The molecule has 2 amide bonds. The van der Waals surface area contributed by atoms with Crippen LogP contribution < -0.4 is 5.32 Å². The number of carbonyl (C=O) groups excluding carboxylic acids is 2. The molecule has 1 atom stereocenters. The van der Waals surface area contributed by atoms with Gasteiger partial charge in [0.2, 0.25) is 11.8 Å². The number of amides is 2. The molecule has 0 fully saturated rings. The van der Waals surface area contributed by atoms with Crippen LogP contribution in [0.4, 0.5) is 0 Å². The van der Waals surface area contributed by atoms with Gasteiger partial charge in [-0.2, -0.15) is 0 Å². The molecule has 0 spiro atoms. The zero-order valence-corrected chi connectivity index (χ0v) is 14.6. The maximum Gasteiger partial charge on any atom is 0.225 e. The fraction of sp³-hybridized carbons (Fsp3) is 0.368. The number of nitrogens with one attached hydrogen (secondary N) is 1. The Balaban J connectivity index is 2.10. The first kappa shape index (κ1) is 18.7. The summed E-state index contributed by atoms with van der Waals surface area (Å²) in [6.45, 7) is 2.71. The van der Waals surface area contributed by atoms with E-state index in [4.69, 9.17) is 9.15 Å². The van der Waals surface area contributed by atoms with E-state index < -0.39 is 0 Å². The Kier molecular flexibility index (Phi) is 7.22. The van der Waals surface area contributed by atoms with E-state index in [1.54, 1.807) is 24.3 Å². The van der Waals surface area contributed by atoms with Gasteiger partial charge in [-0.3, -0.25) is 9.59 Å². The Morgan fingerprint density at radius 1 is 1.20 bits per heavy atom. The zero-order valence-electron chi connectivity index (χ0n) is 14.6. The highest BCUT2D eigenvalue weighted by Gasteiger charge is 2.22. The van der Waals surface area contributed by atoms with Gasteiger partial charge in [-0.25, -0.2) is 0 Å². The minimum absolute atomic E-state index is 0.0731. The van der Waals surface area contributed by atoms with Gasteiger partial charge < -0.3 is 19.4 Å². The first-order valence-corrected chi connectivity index (χ1v) is 8.21. The maximum absolute atomic E-state index is 12.8. The summed E-state index contributed by atoms with van der Waals surface area (Å²) < 4.78 is 10.4. The summed E-state index contributed by atoms with van der Waals surface area (Å²) in [6, 6.07) is 12.7. The summed E-state index contributed by atoms with van der Waals surface area (Å²) in [5.74, 6) is 0.465. The SMILES string of the molecule is COCCN(Cc1ccco1)C(=O)CC(NC(C)=O)c1ccccc1. The van der Waals surface area contributed by atoms with Crippen LogP contribution in [0.1, 0.15) is 30.7 Å². The van der Waals surface area contributed by atoms with E-state index in [0.717, 1.165) is 5.56 Å². The summed E-state index contributed by atoms with van der Waals surface area (Å²) in [6.07, 6.45) is 1.76. The average Bonchev–Trinajstić information content (AvgIpc) is 3.11. The molecule has 134 valence electrons. The van der Waals surface area contributed by atoms with Gasteiger partial charge in [0.15, 0.2) is 0 Å². The van der Waals surface area contributed by atoms with Crippen molar-refractivity contribution >= 4 is 11.8 Å². The van der Waals surface area contributed by atoms with E-state index in [1.165, 1.54) is 6.92 Å². The second-order valence-corrected chi connectivity index (χ2v) is 5.76. The molecule has 0 aliphatic carbocycles. The molecule has 6 nitrogen and oxygen atoms in total. The van der Waals surface area contributed by atoms with Crippen LogP contribution in [-0.2, 0) is 20.9 Å². The second-order valence-electron chi connectivity index (χ2n) is 5.76. The quantitative estimate of drug-likeness (QED) is 0.759. The van der Waals surface area contributed by atoms with E-state index >= 15 is 0 Å². The number of nitrogens with zero attached hydrogens (tertiary/aromatic N) is 1. The van der Waals surface area contributed by atoms with Crippen LogP contribution >= 0.6 is 0 Å². The number of hydrogen-bond acceptors (Lipinski definition) is 4. The summed E-state index contributed by atoms with van der Waals surface area (Å²) in [4.78, 5) is 26.0. The Morgan fingerprint density at radius 3 is 2.56 bits per heavy atom. The lowest BCUT2D eigenvalue weighted by Gasteiger charge is -2.25.